The SMILES string of the molecule is CC1(C)c2ccccc2-c2ccc(-c3nc(-c4ccccc4)nc(-c4ccc(-c5ccc6c7c(ccc(-c8ccc(C#N)c9cc(C#N)ccc89)c57)-c5ccccc5-6)cc4)n3)cc21.[C-]#[N+]c1ccc(-c2ccc3cc(-c4ccc5c6c(ccc(-c7ccc(-c8nc(-c9ccccc9)nc(-c9ccccc9)n8)cc7)c46)-c4ccccc4-5)ccc3c2)cc1. The Hall–Kier alpha value is -16.5. The number of nitriles is 2. The van der Waals surface area contributed by atoms with E-state index in [4.69, 9.17) is 36.5 Å². The van der Waals surface area contributed by atoms with E-state index in [1.54, 1.807) is 0 Å². The molecule has 0 fully saturated rings. The third-order valence-electron chi connectivity index (χ3n) is 24.5. The summed E-state index contributed by atoms with van der Waals surface area (Å²) in [6, 6.07) is 134. The molecule has 3 aliphatic carbocycles. The highest BCUT2D eigenvalue weighted by Crippen LogP contribution is 2.56. The first kappa shape index (κ1) is 71.1. The summed E-state index contributed by atoms with van der Waals surface area (Å²) < 4.78 is 0. The molecule has 0 saturated heterocycles. The third kappa shape index (κ3) is 12.0. The van der Waals surface area contributed by atoms with Gasteiger partial charge in [-0.1, -0.05) is 347 Å². The molecule has 0 radical (unpaired) electrons. The molecule has 0 saturated carbocycles. The molecule has 20 aromatic rings. The van der Waals surface area contributed by atoms with Gasteiger partial charge in [0, 0.05) is 44.2 Å². The van der Waals surface area contributed by atoms with Crippen LogP contribution in [0.4, 0.5) is 5.69 Å². The zero-order valence-electron chi connectivity index (χ0n) is 65.7. The fourth-order valence-electron chi connectivity index (χ4n) is 18.5. The van der Waals surface area contributed by atoms with Gasteiger partial charge in [0.2, 0.25) is 0 Å². The molecular formula is C112H67N9. The van der Waals surface area contributed by atoms with Crippen LogP contribution in [0.15, 0.2) is 370 Å². The van der Waals surface area contributed by atoms with Crippen molar-refractivity contribution in [2.24, 2.45) is 0 Å². The Morgan fingerprint density at radius 3 is 1.05 bits per heavy atom. The van der Waals surface area contributed by atoms with Crippen LogP contribution < -0.4 is 0 Å². The summed E-state index contributed by atoms with van der Waals surface area (Å²) in [5.41, 5.74) is 33.3. The number of aromatic nitrogens is 6. The molecule has 0 N–H and O–H groups in total. The van der Waals surface area contributed by atoms with Gasteiger partial charge in [-0.15, -0.1) is 0 Å². The molecule has 2 heterocycles. The quantitative estimate of drug-likeness (QED) is 0.117. The van der Waals surface area contributed by atoms with Crippen LogP contribution in [0.25, 0.3) is 228 Å². The Kier molecular flexibility index (Phi) is 16.9. The largest absolute Gasteiger partial charge is 0.238 e. The van der Waals surface area contributed by atoms with Gasteiger partial charge in [0.1, 0.15) is 0 Å². The van der Waals surface area contributed by atoms with Crippen LogP contribution in [0.5, 0.6) is 0 Å². The minimum absolute atomic E-state index is 0.157. The van der Waals surface area contributed by atoms with Gasteiger partial charge in [0.15, 0.2) is 40.6 Å². The number of hydrogen-bond acceptors (Lipinski definition) is 8. The van der Waals surface area contributed by atoms with Gasteiger partial charge in [0.05, 0.1) is 29.8 Å². The summed E-state index contributed by atoms with van der Waals surface area (Å²) in [6.07, 6.45) is 0. The Balaban J connectivity index is 0.000000145. The number of rotatable bonds is 11. The van der Waals surface area contributed by atoms with Gasteiger partial charge in [-0.25, -0.2) is 34.7 Å². The lowest BCUT2D eigenvalue weighted by molar-refractivity contribution is 0.660. The number of benzene rings is 18. The highest BCUT2D eigenvalue weighted by atomic mass is 15.0. The molecule has 560 valence electrons. The van der Waals surface area contributed by atoms with Crippen LogP contribution in [0.2, 0.25) is 0 Å². The summed E-state index contributed by atoms with van der Waals surface area (Å²) in [6.45, 7) is 11.9. The van der Waals surface area contributed by atoms with E-state index in [0.717, 1.165) is 88.5 Å². The van der Waals surface area contributed by atoms with Crippen molar-refractivity contribution in [3.05, 3.63) is 404 Å². The van der Waals surface area contributed by atoms with Crippen molar-refractivity contribution in [3.63, 3.8) is 0 Å². The molecule has 0 unspecified atom stereocenters. The molecule has 9 heteroatoms. The molecule has 23 rings (SSSR count). The monoisotopic (exact) mass is 1540 g/mol. The molecule has 3 aliphatic rings. The Labute approximate surface area is 699 Å². The van der Waals surface area contributed by atoms with E-state index < -0.39 is 0 Å². The molecule has 0 amide bonds. The van der Waals surface area contributed by atoms with Crippen molar-refractivity contribution < 1.29 is 0 Å². The summed E-state index contributed by atoms with van der Waals surface area (Å²) in [7, 11) is 0. The maximum atomic E-state index is 10.1. The lowest BCUT2D eigenvalue weighted by Gasteiger charge is -2.21. The van der Waals surface area contributed by atoms with Crippen LogP contribution in [-0.2, 0) is 5.41 Å². The van der Waals surface area contributed by atoms with E-state index in [1.165, 1.54) is 110 Å². The maximum Gasteiger partial charge on any atom is 0.187 e. The molecule has 2 aromatic heterocycles. The van der Waals surface area contributed by atoms with Gasteiger partial charge >= 0.3 is 0 Å². The Morgan fingerprint density at radius 1 is 0.240 bits per heavy atom. The second-order valence-electron chi connectivity index (χ2n) is 31.6. The topological polar surface area (TPSA) is 129 Å². The molecule has 0 spiro atoms. The van der Waals surface area contributed by atoms with E-state index >= 15 is 0 Å². The first-order chi connectivity index (χ1) is 59.6. The fraction of sp³-hybridized carbons (Fsp3) is 0.0268. The van der Waals surface area contributed by atoms with E-state index in [0.29, 0.717) is 51.8 Å². The van der Waals surface area contributed by atoms with E-state index in [1.807, 2.05) is 140 Å². The zero-order chi connectivity index (χ0) is 81.0. The van der Waals surface area contributed by atoms with Gasteiger partial charge in [-0.3, -0.25) is 0 Å². The van der Waals surface area contributed by atoms with Crippen LogP contribution >= 0.6 is 0 Å². The van der Waals surface area contributed by atoms with Crippen molar-refractivity contribution in [2.45, 2.75) is 19.3 Å². The lowest BCUT2D eigenvalue weighted by Crippen LogP contribution is -2.15. The predicted octanol–water partition coefficient (Wildman–Crippen LogP) is 28.6. The van der Waals surface area contributed by atoms with Crippen LogP contribution in [0.1, 0.15) is 36.1 Å². The molecule has 0 bridgehead atoms. The zero-order valence-corrected chi connectivity index (χ0v) is 65.7. The molecule has 121 heavy (non-hydrogen) atoms. The van der Waals surface area contributed by atoms with Crippen molar-refractivity contribution in [1.29, 1.82) is 10.5 Å². The molecule has 0 atom stereocenters. The van der Waals surface area contributed by atoms with Gasteiger partial charge in [-0.2, -0.15) is 10.5 Å². The van der Waals surface area contributed by atoms with Gasteiger partial charge < -0.3 is 0 Å². The van der Waals surface area contributed by atoms with Crippen LogP contribution in [0, 0.1) is 29.2 Å². The smallest absolute Gasteiger partial charge is 0.187 e. The van der Waals surface area contributed by atoms with Crippen molar-refractivity contribution >= 4 is 48.8 Å². The summed E-state index contributed by atoms with van der Waals surface area (Å²) in [4.78, 5) is 33.7. The average molecular weight is 1540 g/mol. The highest BCUT2D eigenvalue weighted by Gasteiger charge is 2.36. The van der Waals surface area contributed by atoms with E-state index in [9.17, 15) is 10.5 Å². The number of hydrogen-bond donors (Lipinski definition) is 0. The van der Waals surface area contributed by atoms with E-state index in [2.05, 4.69) is 261 Å². The number of nitrogens with zero attached hydrogens (tertiary/aromatic N) is 9. The summed E-state index contributed by atoms with van der Waals surface area (Å²) in [5, 5.41) is 28.8. The number of fused-ring (bicyclic) bond motifs is 11. The summed E-state index contributed by atoms with van der Waals surface area (Å²) >= 11 is 0. The minimum atomic E-state index is -0.157. The van der Waals surface area contributed by atoms with Crippen molar-refractivity contribution in [3.8, 4) is 192 Å². The Bertz CT molecular complexity index is 7730. The highest BCUT2D eigenvalue weighted by molar-refractivity contribution is 6.25. The van der Waals surface area contributed by atoms with Crippen LogP contribution in [0.3, 0.4) is 0 Å². The first-order valence-corrected chi connectivity index (χ1v) is 40.5. The summed E-state index contributed by atoms with van der Waals surface area (Å²) in [5.74, 6) is 3.78. The van der Waals surface area contributed by atoms with Gasteiger partial charge in [0.25, 0.3) is 0 Å². The van der Waals surface area contributed by atoms with Crippen molar-refractivity contribution in [1.82, 2.24) is 29.9 Å². The normalized spacial score (nSPS) is 12.1. The molecule has 9 nitrogen and oxygen atoms in total. The standard InChI is InChI=1S/C58H35N5.C54H32N4/c1-58(2)51-15-9-8-14-45(51)46-25-21-38(31-52(46)58)57-62-55(36-10-4-3-5-11-36)61-56(63-57)37-19-17-35(18-20-37)40-26-27-47-41-12-6-7-13-42(41)48-28-29-49(53(40)54(47)48)43-24-22-39(33-60)50-30-34(32-59)16-23-44(43)50;1-55-43-26-24-34(25-27-43)39-20-21-41-33-42(23-22-40(41)32-39)45-29-31-49-47-15-9-8-14-46(47)48-30-28-44(50(45)51(48)49)35-16-18-38(19-17-35)54-57-52(36-10-4-2-5-11-36)56-53(58-54)37-12-6-3-7-13-37/h3-31H,1-2H3;2-33H. The van der Waals surface area contributed by atoms with Crippen molar-refractivity contribution in [2.75, 3.05) is 0 Å². The second kappa shape index (κ2) is 28.7. The first-order valence-electron chi connectivity index (χ1n) is 40.5. The second-order valence-corrected chi connectivity index (χ2v) is 31.6. The lowest BCUT2D eigenvalue weighted by atomic mass is 9.82. The minimum Gasteiger partial charge on any atom is -0.238 e. The average Bonchev–Trinajstić information content (AvgIpc) is 1.59. The van der Waals surface area contributed by atoms with Gasteiger partial charge in [-0.05, 0) is 196 Å². The molecular weight excluding hydrogens is 1470 g/mol. The maximum absolute atomic E-state index is 10.1. The van der Waals surface area contributed by atoms with Crippen LogP contribution in [-0.4, -0.2) is 29.9 Å². The third-order valence-corrected chi connectivity index (χ3v) is 24.5. The fourth-order valence-corrected chi connectivity index (χ4v) is 18.5. The predicted molar refractivity (Wildman–Crippen MR) is 492 cm³/mol. The molecule has 18 aromatic carbocycles. The Morgan fingerprint density at radius 2 is 0.579 bits per heavy atom. The van der Waals surface area contributed by atoms with E-state index in [-0.39, 0.29) is 5.41 Å². The molecule has 0 aliphatic heterocycles.